The number of benzene rings is 1. The van der Waals surface area contributed by atoms with Gasteiger partial charge in [0, 0.05) is 6.54 Å². The van der Waals surface area contributed by atoms with Crippen LogP contribution in [0.2, 0.25) is 0 Å². The van der Waals surface area contributed by atoms with Crippen LogP contribution >= 0.6 is 0 Å². The van der Waals surface area contributed by atoms with Gasteiger partial charge in [0.2, 0.25) is 18.6 Å². The van der Waals surface area contributed by atoms with Gasteiger partial charge in [-0.05, 0) is 30.5 Å². The second-order valence-electron chi connectivity index (χ2n) is 7.04. The van der Waals surface area contributed by atoms with E-state index in [1.54, 1.807) is 18.2 Å². The van der Waals surface area contributed by atoms with E-state index in [-0.39, 0.29) is 25.2 Å². The van der Waals surface area contributed by atoms with Crippen molar-refractivity contribution in [3.63, 3.8) is 0 Å². The highest BCUT2D eigenvalue weighted by Gasteiger charge is 2.47. The van der Waals surface area contributed by atoms with Gasteiger partial charge in [-0.3, -0.25) is 24.1 Å². The predicted molar refractivity (Wildman–Crippen MR) is 97.4 cm³/mol. The highest BCUT2D eigenvalue weighted by atomic mass is 16.7. The molecule has 1 aromatic rings. The van der Waals surface area contributed by atoms with E-state index < -0.39 is 36.9 Å². The Kier molecular flexibility index (Phi) is 5.20. The van der Waals surface area contributed by atoms with Crippen molar-refractivity contribution in [1.29, 1.82) is 0 Å². The summed E-state index contributed by atoms with van der Waals surface area (Å²) < 4.78 is 15.4. The first-order valence-electron chi connectivity index (χ1n) is 9.34. The van der Waals surface area contributed by atoms with Gasteiger partial charge in [0.05, 0.1) is 11.8 Å². The molecule has 0 radical (unpaired) electrons. The number of hydrogen-bond donors (Lipinski definition) is 1. The number of allylic oxidation sites excluding steroid dienone is 2. The van der Waals surface area contributed by atoms with E-state index in [1.807, 2.05) is 12.2 Å². The Hall–Kier alpha value is -3.36. The van der Waals surface area contributed by atoms with Gasteiger partial charge in [-0.25, -0.2) is 0 Å². The monoisotopic (exact) mass is 400 g/mol. The third-order valence-electron chi connectivity index (χ3n) is 5.18. The van der Waals surface area contributed by atoms with Crippen LogP contribution in [-0.4, -0.2) is 48.5 Å². The van der Waals surface area contributed by atoms with E-state index in [1.165, 1.54) is 0 Å². The average Bonchev–Trinajstić information content (AvgIpc) is 3.29. The lowest BCUT2D eigenvalue weighted by Gasteiger charge is -2.14. The quantitative estimate of drug-likeness (QED) is 0.421. The van der Waals surface area contributed by atoms with E-state index in [9.17, 15) is 19.2 Å². The normalized spacial score (nSPS) is 21.9. The number of imide groups is 1. The van der Waals surface area contributed by atoms with Crippen molar-refractivity contribution in [1.82, 2.24) is 10.2 Å². The Labute approximate surface area is 166 Å². The molecule has 9 heteroatoms. The maximum atomic E-state index is 12.3. The summed E-state index contributed by atoms with van der Waals surface area (Å²) in [6.07, 6.45) is 4.75. The molecule has 1 fully saturated rings. The zero-order chi connectivity index (χ0) is 20.4. The Bertz CT molecular complexity index is 869. The van der Waals surface area contributed by atoms with Crippen molar-refractivity contribution in [3.8, 4) is 11.5 Å². The molecule has 0 aromatic heterocycles. The molecule has 1 aromatic carbocycles. The van der Waals surface area contributed by atoms with Crippen molar-refractivity contribution >= 4 is 23.7 Å². The number of nitrogens with one attached hydrogen (secondary N) is 1. The number of amides is 3. The molecule has 9 nitrogen and oxygen atoms in total. The van der Waals surface area contributed by atoms with Crippen molar-refractivity contribution in [3.05, 3.63) is 35.9 Å². The molecule has 2 atom stereocenters. The summed E-state index contributed by atoms with van der Waals surface area (Å²) in [5, 5.41) is 2.63. The van der Waals surface area contributed by atoms with Crippen LogP contribution in [0.25, 0.3) is 0 Å². The average molecular weight is 400 g/mol. The van der Waals surface area contributed by atoms with Crippen LogP contribution < -0.4 is 14.8 Å². The fraction of sp³-hybridized carbons (Fsp3) is 0.400. The molecule has 0 unspecified atom stereocenters. The molecule has 0 saturated carbocycles. The SMILES string of the molecule is O=C(COC(=O)CN1C(=O)[C@H]2CC=CC[C@H]2C1=O)NCc1ccc2c(c1)OCO2. The molecular formula is C20H20N2O7. The molecule has 2 aliphatic heterocycles. The number of hydrogen-bond acceptors (Lipinski definition) is 7. The van der Waals surface area contributed by atoms with Gasteiger partial charge in [0.15, 0.2) is 18.1 Å². The highest BCUT2D eigenvalue weighted by molar-refractivity contribution is 6.07. The summed E-state index contributed by atoms with van der Waals surface area (Å²) in [5.74, 6) is -1.53. The Morgan fingerprint density at radius 3 is 2.48 bits per heavy atom. The van der Waals surface area contributed by atoms with E-state index in [4.69, 9.17) is 14.2 Å². The van der Waals surface area contributed by atoms with Gasteiger partial charge in [-0.15, -0.1) is 0 Å². The number of carbonyl (C=O) groups is 4. The number of carbonyl (C=O) groups excluding carboxylic acids is 4. The maximum absolute atomic E-state index is 12.3. The first kappa shape index (κ1) is 19.0. The Morgan fingerprint density at radius 2 is 1.76 bits per heavy atom. The minimum Gasteiger partial charge on any atom is -0.454 e. The van der Waals surface area contributed by atoms with Crippen LogP contribution in [0.4, 0.5) is 0 Å². The molecule has 2 heterocycles. The zero-order valence-corrected chi connectivity index (χ0v) is 15.6. The lowest BCUT2D eigenvalue weighted by atomic mass is 9.85. The smallest absolute Gasteiger partial charge is 0.326 e. The number of rotatable bonds is 6. The summed E-state index contributed by atoms with van der Waals surface area (Å²) in [7, 11) is 0. The van der Waals surface area contributed by atoms with Gasteiger partial charge in [0.25, 0.3) is 5.91 Å². The molecule has 29 heavy (non-hydrogen) atoms. The largest absolute Gasteiger partial charge is 0.454 e. The molecular weight excluding hydrogens is 380 g/mol. The molecule has 3 amide bonds. The van der Waals surface area contributed by atoms with Crippen LogP contribution in [0.3, 0.4) is 0 Å². The summed E-state index contributed by atoms with van der Waals surface area (Å²) in [6, 6.07) is 5.30. The number of fused-ring (bicyclic) bond motifs is 2. The van der Waals surface area contributed by atoms with Crippen LogP contribution in [-0.2, 0) is 30.5 Å². The second-order valence-corrected chi connectivity index (χ2v) is 7.04. The molecule has 1 aliphatic carbocycles. The lowest BCUT2D eigenvalue weighted by molar-refractivity contribution is -0.154. The van der Waals surface area contributed by atoms with Crippen molar-refractivity contribution in [2.75, 3.05) is 19.9 Å². The first-order valence-corrected chi connectivity index (χ1v) is 9.34. The standard InChI is InChI=1S/C20H20N2O7/c23-17(21-8-12-5-6-15-16(7-12)29-11-28-15)10-27-18(24)9-22-19(25)13-3-1-2-4-14(13)20(22)26/h1-2,5-7,13-14H,3-4,8-11H2,(H,21,23)/t13-,14+. The topological polar surface area (TPSA) is 111 Å². The first-order chi connectivity index (χ1) is 14.0. The number of esters is 1. The molecule has 0 spiro atoms. The number of ether oxygens (including phenoxy) is 3. The number of nitrogens with zero attached hydrogens (tertiary/aromatic N) is 1. The highest BCUT2D eigenvalue weighted by Crippen LogP contribution is 2.35. The molecule has 0 bridgehead atoms. The fourth-order valence-corrected chi connectivity index (χ4v) is 3.65. The minimum atomic E-state index is -0.795. The molecule has 4 rings (SSSR count). The minimum absolute atomic E-state index is 0.168. The van der Waals surface area contributed by atoms with Gasteiger partial charge in [-0.1, -0.05) is 18.2 Å². The Morgan fingerprint density at radius 1 is 1.07 bits per heavy atom. The molecule has 1 saturated heterocycles. The van der Waals surface area contributed by atoms with Crippen LogP contribution in [0.1, 0.15) is 18.4 Å². The summed E-state index contributed by atoms with van der Waals surface area (Å²) in [4.78, 5) is 49.5. The van der Waals surface area contributed by atoms with Gasteiger partial charge in [0.1, 0.15) is 6.54 Å². The molecule has 152 valence electrons. The predicted octanol–water partition coefficient (Wildman–Crippen LogP) is 0.526. The molecule has 1 N–H and O–H groups in total. The summed E-state index contributed by atoms with van der Waals surface area (Å²) >= 11 is 0. The summed E-state index contributed by atoms with van der Waals surface area (Å²) in [5.41, 5.74) is 0.804. The number of likely N-dealkylation sites (tertiary alicyclic amines) is 1. The summed E-state index contributed by atoms with van der Waals surface area (Å²) in [6.45, 7) is -0.568. The molecule has 3 aliphatic rings. The second kappa shape index (κ2) is 7.94. The third-order valence-corrected chi connectivity index (χ3v) is 5.18. The fourth-order valence-electron chi connectivity index (χ4n) is 3.65. The van der Waals surface area contributed by atoms with E-state index >= 15 is 0 Å². The van der Waals surface area contributed by atoms with Gasteiger partial charge >= 0.3 is 5.97 Å². The van der Waals surface area contributed by atoms with E-state index in [0.29, 0.717) is 24.3 Å². The lowest BCUT2D eigenvalue weighted by Crippen LogP contribution is -2.38. The third kappa shape index (κ3) is 3.94. The maximum Gasteiger partial charge on any atom is 0.326 e. The van der Waals surface area contributed by atoms with E-state index in [2.05, 4.69) is 5.32 Å². The van der Waals surface area contributed by atoms with Crippen molar-refractivity contribution < 1.29 is 33.4 Å². The van der Waals surface area contributed by atoms with Crippen molar-refractivity contribution in [2.24, 2.45) is 11.8 Å². The Balaban J connectivity index is 1.22. The zero-order valence-electron chi connectivity index (χ0n) is 15.6. The van der Waals surface area contributed by atoms with Gasteiger partial charge < -0.3 is 19.5 Å². The van der Waals surface area contributed by atoms with Crippen LogP contribution in [0, 0.1) is 11.8 Å². The van der Waals surface area contributed by atoms with Crippen molar-refractivity contribution in [2.45, 2.75) is 19.4 Å². The van der Waals surface area contributed by atoms with Gasteiger partial charge in [-0.2, -0.15) is 0 Å². The van der Waals surface area contributed by atoms with Crippen LogP contribution in [0.15, 0.2) is 30.4 Å². The van der Waals surface area contributed by atoms with Crippen LogP contribution in [0.5, 0.6) is 11.5 Å². The van der Waals surface area contributed by atoms with E-state index in [0.717, 1.165) is 10.5 Å².